The molecule has 2 aromatic carbocycles. The van der Waals surface area contributed by atoms with Crippen LogP contribution in [0.15, 0.2) is 36.4 Å². The first kappa shape index (κ1) is 15.1. The minimum atomic E-state index is -0.891. The second-order valence-corrected chi connectivity index (χ2v) is 4.60. The highest BCUT2D eigenvalue weighted by Crippen LogP contribution is 2.28. The average Bonchev–Trinajstić information content (AvgIpc) is 2.42. The van der Waals surface area contributed by atoms with Crippen LogP contribution in [0, 0.1) is 21.7 Å². The van der Waals surface area contributed by atoms with Crippen LogP contribution >= 0.6 is 11.6 Å². The predicted molar refractivity (Wildman–Crippen MR) is 72.5 cm³/mol. The van der Waals surface area contributed by atoms with Gasteiger partial charge in [0, 0.05) is 18.1 Å². The standard InChI is InChI=1S/C14H8ClF2NO3/c15-9-3-1-6-12(18(20)21)14(9)13(19)7-8-10(16)4-2-5-11(8)17/h1-6H,7H2. The number of hydrogen-bond donors (Lipinski definition) is 0. The van der Waals surface area contributed by atoms with Gasteiger partial charge in [-0.15, -0.1) is 0 Å². The number of hydrogen-bond acceptors (Lipinski definition) is 3. The van der Waals surface area contributed by atoms with Crippen LogP contribution < -0.4 is 0 Å². The van der Waals surface area contributed by atoms with Crippen molar-refractivity contribution in [3.8, 4) is 0 Å². The van der Waals surface area contributed by atoms with E-state index in [4.69, 9.17) is 11.6 Å². The molecular formula is C14H8ClF2NO3. The maximum atomic E-state index is 13.5. The van der Waals surface area contributed by atoms with Crippen molar-refractivity contribution in [3.63, 3.8) is 0 Å². The predicted octanol–water partition coefficient (Wildman–Crippen LogP) is 3.95. The SMILES string of the molecule is O=C(Cc1c(F)cccc1F)c1c(Cl)cccc1[N+](=O)[O-]. The van der Waals surface area contributed by atoms with Crippen LogP contribution in [0.3, 0.4) is 0 Å². The van der Waals surface area contributed by atoms with Crippen molar-refractivity contribution < 1.29 is 18.5 Å². The molecule has 108 valence electrons. The van der Waals surface area contributed by atoms with E-state index in [0.717, 1.165) is 24.3 Å². The number of carbonyl (C=O) groups is 1. The quantitative estimate of drug-likeness (QED) is 0.488. The van der Waals surface area contributed by atoms with Crippen molar-refractivity contribution in [1.29, 1.82) is 0 Å². The number of rotatable bonds is 4. The summed E-state index contributed by atoms with van der Waals surface area (Å²) in [4.78, 5) is 22.3. The molecule has 0 fully saturated rings. The van der Waals surface area contributed by atoms with E-state index in [1.165, 1.54) is 12.1 Å². The lowest BCUT2D eigenvalue weighted by Gasteiger charge is -2.06. The zero-order valence-electron chi connectivity index (χ0n) is 10.5. The lowest BCUT2D eigenvalue weighted by molar-refractivity contribution is -0.385. The van der Waals surface area contributed by atoms with E-state index in [-0.39, 0.29) is 10.6 Å². The first-order valence-electron chi connectivity index (χ1n) is 5.80. The van der Waals surface area contributed by atoms with Crippen LogP contribution in [0.25, 0.3) is 0 Å². The molecule has 0 saturated heterocycles. The molecule has 0 N–H and O–H groups in total. The Morgan fingerprint density at radius 1 is 1.14 bits per heavy atom. The fraction of sp³-hybridized carbons (Fsp3) is 0.0714. The Morgan fingerprint density at radius 2 is 1.71 bits per heavy atom. The molecule has 2 rings (SSSR count). The van der Waals surface area contributed by atoms with E-state index in [9.17, 15) is 23.7 Å². The maximum absolute atomic E-state index is 13.5. The molecule has 0 heterocycles. The van der Waals surface area contributed by atoms with Gasteiger partial charge in [-0.2, -0.15) is 0 Å². The van der Waals surface area contributed by atoms with Gasteiger partial charge in [-0.05, 0) is 18.2 Å². The summed E-state index contributed by atoms with van der Waals surface area (Å²) in [6, 6.07) is 6.91. The highest BCUT2D eigenvalue weighted by molar-refractivity contribution is 6.34. The number of carbonyl (C=O) groups excluding carboxylic acids is 1. The van der Waals surface area contributed by atoms with Gasteiger partial charge in [0.1, 0.15) is 17.2 Å². The Labute approximate surface area is 123 Å². The highest BCUT2D eigenvalue weighted by atomic mass is 35.5. The van der Waals surface area contributed by atoms with Gasteiger partial charge in [-0.1, -0.05) is 23.7 Å². The largest absolute Gasteiger partial charge is 0.293 e. The fourth-order valence-electron chi connectivity index (χ4n) is 1.89. The summed E-state index contributed by atoms with van der Waals surface area (Å²) in [6.45, 7) is 0. The molecule has 0 aromatic heterocycles. The van der Waals surface area contributed by atoms with Crippen molar-refractivity contribution in [1.82, 2.24) is 0 Å². The topological polar surface area (TPSA) is 60.2 Å². The molecule has 0 bridgehead atoms. The van der Waals surface area contributed by atoms with Crippen molar-refractivity contribution in [2.24, 2.45) is 0 Å². The number of nitro groups is 1. The third-order valence-electron chi connectivity index (χ3n) is 2.87. The summed E-state index contributed by atoms with van der Waals surface area (Å²) in [6.07, 6.45) is -0.650. The molecule has 0 amide bonds. The van der Waals surface area contributed by atoms with E-state index in [1.807, 2.05) is 0 Å². The monoisotopic (exact) mass is 311 g/mol. The van der Waals surface area contributed by atoms with Crippen LogP contribution in [0.1, 0.15) is 15.9 Å². The number of nitro benzene ring substituents is 1. The summed E-state index contributed by atoms with van der Waals surface area (Å²) >= 11 is 5.80. The molecule has 0 saturated carbocycles. The first-order chi connectivity index (χ1) is 9.91. The number of halogens is 3. The normalized spacial score (nSPS) is 10.4. The zero-order valence-corrected chi connectivity index (χ0v) is 11.2. The molecule has 0 aliphatic carbocycles. The number of ketones is 1. The molecule has 21 heavy (non-hydrogen) atoms. The first-order valence-corrected chi connectivity index (χ1v) is 6.18. The molecule has 4 nitrogen and oxygen atoms in total. The minimum absolute atomic E-state index is 0.133. The molecule has 7 heteroatoms. The van der Waals surface area contributed by atoms with Gasteiger partial charge in [0.05, 0.1) is 9.95 Å². The number of Topliss-reactive ketones (excluding diaryl/α,β-unsaturated/α-hetero) is 1. The van der Waals surface area contributed by atoms with E-state index in [1.54, 1.807) is 0 Å². The lowest BCUT2D eigenvalue weighted by Crippen LogP contribution is -2.10. The molecular weight excluding hydrogens is 304 g/mol. The summed E-state index contributed by atoms with van der Waals surface area (Å²) in [5, 5.41) is 10.8. The van der Waals surface area contributed by atoms with E-state index >= 15 is 0 Å². The molecule has 2 aromatic rings. The number of benzene rings is 2. The van der Waals surface area contributed by atoms with Crippen LogP contribution in [0.4, 0.5) is 14.5 Å². The van der Waals surface area contributed by atoms with Crippen molar-refractivity contribution >= 4 is 23.1 Å². The summed E-state index contributed by atoms with van der Waals surface area (Å²) in [5.41, 5.74) is -1.30. The van der Waals surface area contributed by atoms with Gasteiger partial charge in [0.2, 0.25) is 0 Å². The summed E-state index contributed by atoms with van der Waals surface area (Å²) < 4.78 is 27.1. The van der Waals surface area contributed by atoms with Crippen LogP contribution in [-0.4, -0.2) is 10.7 Å². The molecule has 0 unspecified atom stereocenters. The summed E-state index contributed by atoms with van der Waals surface area (Å²) in [7, 11) is 0. The lowest BCUT2D eigenvalue weighted by atomic mass is 10.0. The Kier molecular flexibility index (Phi) is 4.28. The third-order valence-corrected chi connectivity index (χ3v) is 3.18. The minimum Gasteiger partial charge on any atom is -0.293 e. The van der Waals surface area contributed by atoms with E-state index in [2.05, 4.69) is 0 Å². The molecule has 0 aliphatic heterocycles. The smallest absolute Gasteiger partial charge is 0.281 e. The highest BCUT2D eigenvalue weighted by Gasteiger charge is 2.25. The van der Waals surface area contributed by atoms with Crippen molar-refractivity contribution in [2.45, 2.75) is 6.42 Å². The second-order valence-electron chi connectivity index (χ2n) is 4.19. The van der Waals surface area contributed by atoms with Gasteiger partial charge < -0.3 is 0 Å². The third kappa shape index (κ3) is 3.05. The second kappa shape index (κ2) is 5.97. The van der Waals surface area contributed by atoms with Gasteiger partial charge >= 0.3 is 0 Å². The summed E-state index contributed by atoms with van der Waals surface area (Å²) in [5.74, 6) is -2.60. The Balaban J connectivity index is 2.45. The van der Waals surface area contributed by atoms with Gasteiger partial charge in [0.15, 0.2) is 5.78 Å². The molecule has 0 radical (unpaired) electrons. The zero-order chi connectivity index (χ0) is 15.6. The molecule has 0 atom stereocenters. The van der Waals surface area contributed by atoms with Crippen LogP contribution in [0.2, 0.25) is 5.02 Å². The van der Waals surface area contributed by atoms with Gasteiger partial charge in [-0.3, -0.25) is 14.9 Å². The van der Waals surface area contributed by atoms with Gasteiger partial charge in [0.25, 0.3) is 5.69 Å². The fourth-order valence-corrected chi connectivity index (χ4v) is 2.17. The van der Waals surface area contributed by atoms with E-state index < -0.39 is 40.0 Å². The molecule has 0 aliphatic rings. The maximum Gasteiger partial charge on any atom is 0.281 e. The average molecular weight is 312 g/mol. The van der Waals surface area contributed by atoms with Crippen molar-refractivity contribution in [2.75, 3.05) is 0 Å². The molecule has 0 spiro atoms. The number of nitrogens with zero attached hydrogens (tertiary/aromatic N) is 1. The van der Waals surface area contributed by atoms with Crippen LogP contribution in [0.5, 0.6) is 0 Å². The Hall–Kier alpha value is -2.34. The van der Waals surface area contributed by atoms with Crippen molar-refractivity contribution in [3.05, 3.63) is 74.3 Å². The van der Waals surface area contributed by atoms with Crippen LogP contribution in [-0.2, 0) is 6.42 Å². The van der Waals surface area contributed by atoms with E-state index in [0.29, 0.717) is 0 Å². The Morgan fingerprint density at radius 3 is 2.29 bits per heavy atom. The Bertz CT molecular complexity index is 714. The van der Waals surface area contributed by atoms with Gasteiger partial charge in [-0.25, -0.2) is 8.78 Å².